The number of rotatable bonds is 6. The highest BCUT2D eigenvalue weighted by Gasteiger charge is 2.42. The minimum Gasteiger partial charge on any atom is -0.381 e. The Morgan fingerprint density at radius 1 is 1.20 bits per heavy atom. The number of amides is 1. The van der Waals surface area contributed by atoms with Gasteiger partial charge in [0.05, 0.1) is 11.6 Å². The Bertz CT molecular complexity index is 700. The number of aromatic nitrogens is 2. The summed E-state index contributed by atoms with van der Waals surface area (Å²) in [5.74, 6) is 0.780. The number of hydrogen-bond donors (Lipinski definition) is 2. The zero-order chi connectivity index (χ0) is 17.5. The van der Waals surface area contributed by atoms with Gasteiger partial charge in [-0.1, -0.05) is 24.3 Å². The summed E-state index contributed by atoms with van der Waals surface area (Å²) in [6.07, 6.45) is 6.35. The number of nitrogens with one attached hydrogen (secondary N) is 2. The number of ether oxygens (including phenoxy) is 1. The second-order valence-electron chi connectivity index (χ2n) is 6.28. The number of aryl methyl sites for hydroxylation is 1. The second kappa shape index (κ2) is 8.07. The van der Waals surface area contributed by atoms with Crippen LogP contribution in [0, 0.1) is 6.92 Å². The number of anilines is 1. The van der Waals surface area contributed by atoms with Crippen molar-refractivity contribution in [2.45, 2.75) is 25.2 Å². The van der Waals surface area contributed by atoms with Gasteiger partial charge in [0.2, 0.25) is 5.91 Å². The molecule has 2 N–H and O–H groups in total. The zero-order valence-electron chi connectivity index (χ0n) is 14.5. The molecule has 6 nitrogen and oxygen atoms in total. The van der Waals surface area contributed by atoms with Crippen molar-refractivity contribution in [3.63, 3.8) is 0 Å². The third-order valence-corrected chi connectivity index (χ3v) is 4.72. The summed E-state index contributed by atoms with van der Waals surface area (Å²) in [4.78, 5) is 21.2. The monoisotopic (exact) mass is 340 g/mol. The maximum atomic E-state index is 13.1. The second-order valence-corrected chi connectivity index (χ2v) is 6.28. The maximum Gasteiger partial charge on any atom is 0.230 e. The zero-order valence-corrected chi connectivity index (χ0v) is 14.5. The van der Waals surface area contributed by atoms with E-state index in [9.17, 15) is 4.79 Å². The lowest BCUT2D eigenvalue weighted by Crippen LogP contribution is -2.49. The molecule has 2 aromatic rings. The topological polar surface area (TPSA) is 76.1 Å². The van der Waals surface area contributed by atoms with Crippen LogP contribution in [0.15, 0.2) is 42.9 Å². The summed E-state index contributed by atoms with van der Waals surface area (Å²) in [6, 6.07) is 8.14. The van der Waals surface area contributed by atoms with E-state index in [0.717, 1.165) is 11.1 Å². The molecule has 3 rings (SSSR count). The highest BCUT2D eigenvalue weighted by atomic mass is 16.5. The molecular formula is C19H24N4O2. The quantitative estimate of drug-likeness (QED) is 0.787. The van der Waals surface area contributed by atoms with Gasteiger partial charge < -0.3 is 15.4 Å². The number of benzene rings is 1. The average molecular weight is 340 g/mol. The maximum absolute atomic E-state index is 13.1. The van der Waals surface area contributed by atoms with Crippen LogP contribution in [-0.2, 0) is 14.9 Å². The molecular weight excluding hydrogens is 316 g/mol. The molecule has 1 aromatic heterocycles. The Morgan fingerprint density at radius 2 is 2.00 bits per heavy atom. The average Bonchev–Trinajstić information content (AvgIpc) is 2.67. The van der Waals surface area contributed by atoms with Crippen molar-refractivity contribution in [2.75, 3.05) is 31.6 Å². The Balaban J connectivity index is 1.65. The SMILES string of the molecule is Cc1ccccc1C1(C(=O)NCCNc2cnccn2)CCOCC1. The van der Waals surface area contributed by atoms with Crippen LogP contribution >= 0.6 is 0 Å². The van der Waals surface area contributed by atoms with E-state index in [1.165, 1.54) is 0 Å². The Kier molecular flexibility index (Phi) is 5.60. The summed E-state index contributed by atoms with van der Waals surface area (Å²) in [7, 11) is 0. The first-order valence-electron chi connectivity index (χ1n) is 8.64. The first-order chi connectivity index (χ1) is 12.2. The van der Waals surface area contributed by atoms with Gasteiger partial charge in [0.15, 0.2) is 0 Å². The smallest absolute Gasteiger partial charge is 0.230 e. The van der Waals surface area contributed by atoms with Gasteiger partial charge in [0.1, 0.15) is 5.82 Å². The first kappa shape index (κ1) is 17.4. The lowest BCUT2D eigenvalue weighted by Gasteiger charge is -2.37. The van der Waals surface area contributed by atoms with Crippen LogP contribution in [0.3, 0.4) is 0 Å². The predicted octanol–water partition coefficient (Wildman–Crippen LogP) is 2.06. The van der Waals surface area contributed by atoms with E-state index in [1.807, 2.05) is 12.1 Å². The van der Waals surface area contributed by atoms with Gasteiger partial charge in [-0.25, -0.2) is 4.98 Å². The van der Waals surface area contributed by atoms with E-state index in [2.05, 4.69) is 39.7 Å². The summed E-state index contributed by atoms with van der Waals surface area (Å²) in [6.45, 7) is 4.42. The van der Waals surface area contributed by atoms with Crippen molar-refractivity contribution in [3.8, 4) is 0 Å². The Labute approximate surface area is 148 Å². The number of nitrogens with zero attached hydrogens (tertiary/aromatic N) is 2. The molecule has 1 aliphatic heterocycles. The highest BCUT2D eigenvalue weighted by molar-refractivity contribution is 5.88. The fourth-order valence-corrected chi connectivity index (χ4v) is 3.37. The third kappa shape index (κ3) is 3.96. The first-order valence-corrected chi connectivity index (χ1v) is 8.64. The molecule has 0 bridgehead atoms. The molecule has 0 aliphatic carbocycles. The molecule has 132 valence electrons. The highest BCUT2D eigenvalue weighted by Crippen LogP contribution is 2.36. The van der Waals surface area contributed by atoms with Crippen molar-refractivity contribution in [1.29, 1.82) is 0 Å². The van der Waals surface area contributed by atoms with E-state index < -0.39 is 5.41 Å². The summed E-state index contributed by atoms with van der Waals surface area (Å²) >= 11 is 0. The Morgan fingerprint density at radius 3 is 2.72 bits per heavy atom. The van der Waals surface area contributed by atoms with Crippen LogP contribution in [0.1, 0.15) is 24.0 Å². The van der Waals surface area contributed by atoms with Crippen LogP contribution in [0.25, 0.3) is 0 Å². The van der Waals surface area contributed by atoms with Gasteiger partial charge in [-0.15, -0.1) is 0 Å². The third-order valence-electron chi connectivity index (χ3n) is 4.72. The van der Waals surface area contributed by atoms with Crippen LogP contribution in [0.4, 0.5) is 5.82 Å². The lowest BCUT2D eigenvalue weighted by molar-refractivity contribution is -0.130. The molecule has 25 heavy (non-hydrogen) atoms. The van der Waals surface area contributed by atoms with Crippen LogP contribution in [0.2, 0.25) is 0 Å². The summed E-state index contributed by atoms with van der Waals surface area (Å²) in [5.41, 5.74) is 1.76. The van der Waals surface area contributed by atoms with E-state index in [0.29, 0.717) is 45.0 Å². The fourth-order valence-electron chi connectivity index (χ4n) is 3.37. The van der Waals surface area contributed by atoms with Crippen molar-refractivity contribution >= 4 is 11.7 Å². The van der Waals surface area contributed by atoms with E-state index in [1.54, 1.807) is 18.6 Å². The van der Waals surface area contributed by atoms with Gasteiger partial charge in [0, 0.05) is 38.7 Å². The minimum atomic E-state index is -0.504. The Hall–Kier alpha value is -2.47. The van der Waals surface area contributed by atoms with Crippen LogP contribution in [-0.4, -0.2) is 42.2 Å². The van der Waals surface area contributed by atoms with E-state index in [-0.39, 0.29) is 5.91 Å². The standard InChI is InChI=1S/C19H24N4O2/c1-15-4-2-3-5-16(15)19(6-12-25-13-7-19)18(24)23-11-10-22-17-14-20-8-9-21-17/h2-5,8-9,14H,6-7,10-13H2,1H3,(H,21,22)(H,23,24). The normalized spacial score (nSPS) is 16.2. The van der Waals surface area contributed by atoms with Crippen molar-refractivity contribution in [2.24, 2.45) is 0 Å². The van der Waals surface area contributed by atoms with Crippen molar-refractivity contribution < 1.29 is 9.53 Å². The molecule has 1 amide bonds. The number of carbonyl (C=O) groups excluding carboxylic acids is 1. The summed E-state index contributed by atoms with van der Waals surface area (Å²) in [5, 5.41) is 6.24. The van der Waals surface area contributed by atoms with Crippen molar-refractivity contribution in [1.82, 2.24) is 15.3 Å². The van der Waals surface area contributed by atoms with Crippen molar-refractivity contribution in [3.05, 3.63) is 54.0 Å². The van der Waals surface area contributed by atoms with Gasteiger partial charge in [0.25, 0.3) is 0 Å². The van der Waals surface area contributed by atoms with Gasteiger partial charge in [-0.2, -0.15) is 0 Å². The van der Waals surface area contributed by atoms with Gasteiger partial charge in [-0.05, 0) is 30.9 Å². The van der Waals surface area contributed by atoms with Crippen LogP contribution < -0.4 is 10.6 Å². The molecule has 0 saturated carbocycles. The molecule has 6 heteroatoms. The van der Waals surface area contributed by atoms with Gasteiger partial charge in [-0.3, -0.25) is 9.78 Å². The summed E-state index contributed by atoms with van der Waals surface area (Å²) < 4.78 is 5.51. The molecule has 1 fully saturated rings. The number of carbonyl (C=O) groups is 1. The fraction of sp³-hybridized carbons (Fsp3) is 0.421. The molecule has 0 radical (unpaired) electrons. The molecule has 2 heterocycles. The molecule has 0 spiro atoms. The predicted molar refractivity (Wildman–Crippen MR) is 96.4 cm³/mol. The largest absolute Gasteiger partial charge is 0.381 e. The molecule has 1 saturated heterocycles. The van der Waals surface area contributed by atoms with Gasteiger partial charge >= 0.3 is 0 Å². The molecule has 0 unspecified atom stereocenters. The van der Waals surface area contributed by atoms with E-state index in [4.69, 9.17) is 4.74 Å². The van der Waals surface area contributed by atoms with E-state index >= 15 is 0 Å². The lowest BCUT2D eigenvalue weighted by atomic mass is 9.72. The molecule has 1 aliphatic rings. The molecule has 1 aromatic carbocycles. The molecule has 0 atom stereocenters. The minimum absolute atomic E-state index is 0.0750. The van der Waals surface area contributed by atoms with Crippen LogP contribution in [0.5, 0.6) is 0 Å². The number of hydrogen-bond acceptors (Lipinski definition) is 5.